The van der Waals surface area contributed by atoms with Gasteiger partial charge in [0.1, 0.15) is 0 Å². The van der Waals surface area contributed by atoms with Crippen molar-refractivity contribution in [2.24, 2.45) is 0 Å². The molecule has 4 nitrogen and oxygen atoms in total. The summed E-state index contributed by atoms with van der Waals surface area (Å²) in [5.41, 5.74) is 0. The lowest BCUT2D eigenvalue weighted by molar-refractivity contribution is -0.160. The Kier molecular flexibility index (Phi) is 2.84. The van der Waals surface area contributed by atoms with E-state index in [1.54, 1.807) is 0 Å². The molecule has 0 amide bonds. The Balaban J connectivity index is 2.39. The zero-order chi connectivity index (χ0) is 8.27. The van der Waals surface area contributed by atoms with Crippen LogP contribution in [0.1, 0.15) is 12.8 Å². The second-order valence-corrected chi connectivity index (χ2v) is 2.56. The van der Waals surface area contributed by atoms with Gasteiger partial charge in [-0.15, -0.1) is 0 Å². The van der Waals surface area contributed by atoms with Crippen LogP contribution < -0.4 is 0 Å². The molecule has 64 valence electrons. The van der Waals surface area contributed by atoms with Crippen LogP contribution in [0, 0.1) is 0 Å². The van der Waals surface area contributed by atoms with Gasteiger partial charge in [-0.05, 0) is 6.42 Å². The molecule has 2 atom stereocenters. The van der Waals surface area contributed by atoms with Gasteiger partial charge in [-0.1, -0.05) is 0 Å². The fourth-order valence-corrected chi connectivity index (χ4v) is 1.08. The fraction of sp³-hybridized carbons (Fsp3) is 0.857. The lowest BCUT2D eigenvalue weighted by Gasteiger charge is -2.24. The molecule has 0 aromatic heterocycles. The molecule has 11 heavy (non-hydrogen) atoms. The van der Waals surface area contributed by atoms with Crippen LogP contribution >= 0.6 is 0 Å². The summed E-state index contributed by atoms with van der Waals surface area (Å²) in [4.78, 5) is 10.9. The van der Waals surface area contributed by atoms with Crippen LogP contribution in [0.5, 0.6) is 0 Å². The van der Waals surface area contributed by atoms with E-state index in [1.165, 1.54) is 7.11 Å². The van der Waals surface area contributed by atoms with Gasteiger partial charge in [-0.25, -0.2) is 4.79 Å². The number of aliphatic hydroxyl groups excluding tert-OH is 1. The van der Waals surface area contributed by atoms with Crippen LogP contribution in [-0.4, -0.2) is 37.0 Å². The van der Waals surface area contributed by atoms with Crippen molar-refractivity contribution in [3.05, 3.63) is 0 Å². The SMILES string of the molecule is COC(=O)[C@@H]1C[C@H](O)CCO1. The van der Waals surface area contributed by atoms with E-state index in [9.17, 15) is 4.79 Å². The normalized spacial score (nSPS) is 31.5. The molecule has 0 aromatic rings. The van der Waals surface area contributed by atoms with Crippen LogP contribution in [0.15, 0.2) is 0 Å². The summed E-state index contributed by atoms with van der Waals surface area (Å²) in [6.07, 6.45) is -0.0308. The third-order valence-corrected chi connectivity index (χ3v) is 1.72. The molecule has 1 aliphatic heterocycles. The molecule has 1 aliphatic rings. The molecule has 0 aromatic carbocycles. The maximum atomic E-state index is 10.9. The Labute approximate surface area is 65.1 Å². The van der Waals surface area contributed by atoms with Crippen LogP contribution in [0.3, 0.4) is 0 Å². The van der Waals surface area contributed by atoms with Crippen molar-refractivity contribution in [2.45, 2.75) is 25.0 Å². The van der Waals surface area contributed by atoms with Gasteiger partial charge in [0.15, 0.2) is 6.10 Å². The zero-order valence-corrected chi connectivity index (χ0v) is 6.45. The first-order valence-electron chi connectivity index (χ1n) is 3.61. The Hall–Kier alpha value is -0.610. The molecular formula is C7H12O4. The average molecular weight is 160 g/mol. The Morgan fingerprint density at radius 1 is 1.73 bits per heavy atom. The standard InChI is InChI=1S/C7H12O4/c1-10-7(9)6-4-5(8)2-3-11-6/h5-6,8H,2-4H2,1H3/t5-,6+/m1/s1. The largest absolute Gasteiger partial charge is 0.467 e. The molecule has 1 fully saturated rings. The topological polar surface area (TPSA) is 55.8 Å². The van der Waals surface area contributed by atoms with Gasteiger partial charge in [0.2, 0.25) is 0 Å². The quantitative estimate of drug-likeness (QED) is 0.535. The maximum Gasteiger partial charge on any atom is 0.335 e. The number of hydrogen-bond donors (Lipinski definition) is 1. The van der Waals surface area contributed by atoms with E-state index in [0.717, 1.165) is 0 Å². The van der Waals surface area contributed by atoms with Crippen LogP contribution in [-0.2, 0) is 14.3 Å². The third-order valence-electron chi connectivity index (χ3n) is 1.72. The smallest absolute Gasteiger partial charge is 0.335 e. The highest BCUT2D eigenvalue weighted by Crippen LogP contribution is 2.14. The molecule has 1 saturated heterocycles. The lowest BCUT2D eigenvalue weighted by Crippen LogP contribution is -2.35. The first kappa shape index (κ1) is 8.49. The number of esters is 1. The van der Waals surface area contributed by atoms with E-state index in [4.69, 9.17) is 9.84 Å². The number of methoxy groups -OCH3 is 1. The Bertz CT molecular complexity index is 145. The van der Waals surface area contributed by atoms with E-state index in [-0.39, 0.29) is 0 Å². The van der Waals surface area contributed by atoms with E-state index < -0.39 is 18.2 Å². The first-order chi connectivity index (χ1) is 5.24. The number of hydrogen-bond acceptors (Lipinski definition) is 4. The van der Waals surface area contributed by atoms with Crippen molar-refractivity contribution in [3.63, 3.8) is 0 Å². The molecule has 0 saturated carbocycles. The maximum absolute atomic E-state index is 10.9. The molecule has 0 spiro atoms. The monoisotopic (exact) mass is 160 g/mol. The number of ether oxygens (including phenoxy) is 2. The van der Waals surface area contributed by atoms with Crippen molar-refractivity contribution in [1.29, 1.82) is 0 Å². The van der Waals surface area contributed by atoms with Gasteiger partial charge in [0, 0.05) is 6.42 Å². The summed E-state index contributed by atoms with van der Waals surface area (Å²) < 4.78 is 9.53. The fourth-order valence-electron chi connectivity index (χ4n) is 1.08. The molecule has 1 heterocycles. The van der Waals surface area contributed by atoms with Crippen LogP contribution in [0.25, 0.3) is 0 Å². The van der Waals surface area contributed by atoms with Gasteiger partial charge in [-0.2, -0.15) is 0 Å². The predicted molar refractivity (Wildman–Crippen MR) is 37.0 cm³/mol. The average Bonchev–Trinajstić information content (AvgIpc) is 2.03. The zero-order valence-electron chi connectivity index (χ0n) is 6.45. The van der Waals surface area contributed by atoms with Crippen molar-refractivity contribution in [3.8, 4) is 0 Å². The molecule has 0 unspecified atom stereocenters. The minimum atomic E-state index is -0.566. The minimum absolute atomic E-state index is 0.354. The highest BCUT2D eigenvalue weighted by atomic mass is 16.6. The van der Waals surface area contributed by atoms with E-state index in [2.05, 4.69) is 4.74 Å². The summed E-state index contributed by atoms with van der Waals surface area (Å²) in [6, 6.07) is 0. The predicted octanol–water partition coefficient (Wildman–Crippen LogP) is -0.301. The molecule has 0 radical (unpaired) electrons. The molecule has 4 heteroatoms. The molecular weight excluding hydrogens is 148 g/mol. The van der Waals surface area contributed by atoms with Crippen LogP contribution in [0.2, 0.25) is 0 Å². The number of carbonyl (C=O) groups excluding carboxylic acids is 1. The third kappa shape index (κ3) is 2.17. The van der Waals surface area contributed by atoms with E-state index in [1.807, 2.05) is 0 Å². The Morgan fingerprint density at radius 3 is 3.00 bits per heavy atom. The Morgan fingerprint density at radius 2 is 2.45 bits per heavy atom. The summed E-state index contributed by atoms with van der Waals surface area (Å²) in [5.74, 6) is -0.399. The van der Waals surface area contributed by atoms with E-state index >= 15 is 0 Å². The molecule has 0 bridgehead atoms. The lowest BCUT2D eigenvalue weighted by atomic mass is 10.1. The number of rotatable bonds is 1. The van der Waals surface area contributed by atoms with E-state index in [0.29, 0.717) is 19.4 Å². The number of aliphatic hydroxyl groups is 1. The number of carbonyl (C=O) groups is 1. The molecule has 1 N–H and O–H groups in total. The van der Waals surface area contributed by atoms with Gasteiger partial charge >= 0.3 is 5.97 Å². The summed E-state index contributed by atoms with van der Waals surface area (Å²) in [7, 11) is 1.31. The van der Waals surface area contributed by atoms with Crippen LogP contribution in [0.4, 0.5) is 0 Å². The van der Waals surface area contributed by atoms with Crippen molar-refractivity contribution < 1.29 is 19.4 Å². The summed E-state index contributed by atoms with van der Waals surface area (Å²) in [6.45, 7) is 0.431. The van der Waals surface area contributed by atoms with Gasteiger partial charge < -0.3 is 14.6 Å². The second-order valence-electron chi connectivity index (χ2n) is 2.56. The van der Waals surface area contributed by atoms with Crippen molar-refractivity contribution >= 4 is 5.97 Å². The second kappa shape index (κ2) is 3.69. The molecule has 1 rings (SSSR count). The minimum Gasteiger partial charge on any atom is -0.467 e. The van der Waals surface area contributed by atoms with Gasteiger partial charge in [0.25, 0.3) is 0 Å². The van der Waals surface area contributed by atoms with Gasteiger partial charge in [0.05, 0.1) is 19.8 Å². The highest BCUT2D eigenvalue weighted by molar-refractivity contribution is 5.74. The summed E-state index contributed by atoms with van der Waals surface area (Å²) >= 11 is 0. The van der Waals surface area contributed by atoms with Crippen molar-refractivity contribution in [1.82, 2.24) is 0 Å². The van der Waals surface area contributed by atoms with Crippen molar-refractivity contribution in [2.75, 3.05) is 13.7 Å². The van der Waals surface area contributed by atoms with Gasteiger partial charge in [-0.3, -0.25) is 0 Å². The first-order valence-corrected chi connectivity index (χ1v) is 3.61. The highest BCUT2D eigenvalue weighted by Gasteiger charge is 2.27. The summed E-state index contributed by atoms with van der Waals surface area (Å²) in [5, 5.41) is 9.14. The molecule has 0 aliphatic carbocycles.